The van der Waals surface area contributed by atoms with Crippen molar-refractivity contribution in [1.29, 1.82) is 0 Å². The minimum Gasteiger partial charge on any atom is -0.354 e. The minimum absolute atomic E-state index is 0.148. The van der Waals surface area contributed by atoms with Crippen molar-refractivity contribution in [1.82, 2.24) is 15.5 Å². The van der Waals surface area contributed by atoms with Gasteiger partial charge in [0.1, 0.15) is 0 Å². The lowest BCUT2D eigenvalue weighted by Gasteiger charge is -2.36. The second kappa shape index (κ2) is 8.25. The first-order chi connectivity index (χ1) is 9.77. The number of carbonyl (C=O) groups is 1. The van der Waals surface area contributed by atoms with Crippen molar-refractivity contribution in [2.75, 3.05) is 50.8 Å². The summed E-state index contributed by atoms with van der Waals surface area (Å²) in [6, 6.07) is 0. The molecule has 0 aromatic heterocycles. The summed E-state index contributed by atoms with van der Waals surface area (Å²) in [6.45, 7) is 8.23. The van der Waals surface area contributed by atoms with Gasteiger partial charge in [0.05, 0.1) is 5.41 Å². The molecule has 2 aliphatic rings. The molecule has 2 rings (SSSR count). The van der Waals surface area contributed by atoms with E-state index in [0.717, 1.165) is 51.9 Å². The largest absolute Gasteiger partial charge is 0.354 e. The molecule has 0 radical (unpaired) electrons. The molecular weight excluding hydrogens is 270 g/mol. The number of amides is 1. The van der Waals surface area contributed by atoms with Gasteiger partial charge in [-0.1, -0.05) is 13.3 Å². The van der Waals surface area contributed by atoms with Crippen molar-refractivity contribution in [2.24, 2.45) is 5.41 Å². The van der Waals surface area contributed by atoms with Crippen LogP contribution < -0.4 is 10.6 Å². The summed E-state index contributed by atoms with van der Waals surface area (Å²) >= 11 is 2.03. The Hall–Kier alpha value is -0.260. The van der Waals surface area contributed by atoms with Crippen LogP contribution in [0.15, 0.2) is 0 Å². The highest BCUT2D eigenvalue weighted by Crippen LogP contribution is 2.31. The number of hydrogen-bond donors (Lipinski definition) is 2. The molecule has 0 bridgehead atoms. The topological polar surface area (TPSA) is 44.4 Å². The molecule has 5 heteroatoms. The van der Waals surface area contributed by atoms with Gasteiger partial charge in [0.15, 0.2) is 0 Å². The Bertz CT molecular complexity index is 294. The van der Waals surface area contributed by atoms with E-state index < -0.39 is 0 Å². The van der Waals surface area contributed by atoms with Crippen LogP contribution in [0.5, 0.6) is 0 Å². The Morgan fingerprint density at radius 2 is 2.20 bits per heavy atom. The van der Waals surface area contributed by atoms with Gasteiger partial charge in [-0.15, -0.1) is 0 Å². The highest BCUT2D eigenvalue weighted by molar-refractivity contribution is 7.99. The standard InChI is InChI=1S/C15H29N3OS/c1-2-4-15(5-3-6-16-13-15)14(19)17-7-8-18-9-11-20-12-10-18/h16H,2-13H2,1H3,(H,17,19). The van der Waals surface area contributed by atoms with Crippen molar-refractivity contribution in [3.63, 3.8) is 0 Å². The van der Waals surface area contributed by atoms with E-state index in [9.17, 15) is 4.79 Å². The average molecular weight is 299 g/mol. The summed E-state index contributed by atoms with van der Waals surface area (Å²) in [7, 11) is 0. The van der Waals surface area contributed by atoms with Gasteiger partial charge in [-0.25, -0.2) is 0 Å². The van der Waals surface area contributed by atoms with Crippen molar-refractivity contribution >= 4 is 17.7 Å². The number of thioether (sulfide) groups is 1. The molecule has 4 nitrogen and oxygen atoms in total. The third kappa shape index (κ3) is 4.37. The molecule has 0 spiro atoms. The molecule has 1 unspecified atom stereocenters. The van der Waals surface area contributed by atoms with E-state index in [4.69, 9.17) is 0 Å². The summed E-state index contributed by atoms with van der Waals surface area (Å²) in [5.41, 5.74) is -0.148. The Morgan fingerprint density at radius 1 is 1.40 bits per heavy atom. The molecule has 2 N–H and O–H groups in total. The highest BCUT2D eigenvalue weighted by Gasteiger charge is 2.38. The molecule has 1 atom stereocenters. The van der Waals surface area contributed by atoms with Gasteiger partial charge in [-0.2, -0.15) is 11.8 Å². The molecule has 0 aromatic rings. The Labute approximate surface area is 127 Å². The number of nitrogens with zero attached hydrogens (tertiary/aromatic N) is 1. The van der Waals surface area contributed by atoms with Gasteiger partial charge in [-0.05, 0) is 25.8 Å². The van der Waals surface area contributed by atoms with Gasteiger partial charge in [0, 0.05) is 44.2 Å². The number of piperidine rings is 1. The molecule has 2 fully saturated rings. The third-order valence-electron chi connectivity index (χ3n) is 4.50. The van der Waals surface area contributed by atoms with Crippen molar-refractivity contribution in [2.45, 2.75) is 32.6 Å². The molecular formula is C15H29N3OS. The summed E-state index contributed by atoms with van der Waals surface area (Å²) in [4.78, 5) is 15.0. The zero-order valence-corrected chi connectivity index (χ0v) is 13.6. The lowest BCUT2D eigenvalue weighted by Crippen LogP contribution is -2.51. The van der Waals surface area contributed by atoms with Gasteiger partial charge in [-0.3, -0.25) is 9.69 Å². The Balaban J connectivity index is 1.76. The molecule has 116 valence electrons. The fraction of sp³-hybridized carbons (Fsp3) is 0.933. The van der Waals surface area contributed by atoms with Crippen molar-refractivity contribution in [3.05, 3.63) is 0 Å². The normalized spacial score (nSPS) is 28.2. The van der Waals surface area contributed by atoms with E-state index in [2.05, 4.69) is 22.5 Å². The second-order valence-corrected chi connectivity index (χ2v) is 7.25. The SMILES string of the molecule is CCCC1(C(=O)NCCN2CCSCC2)CCCNC1. The van der Waals surface area contributed by atoms with Crippen LogP contribution >= 0.6 is 11.8 Å². The van der Waals surface area contributed by atoms with E-state index in [1.807, 2.05) is 11.8 Å². The predicted octanol–water partition coefficient (Wildman–Crippen LogP) is 1.32. The summed E-state index contributed by atoms with van der Waals surface area (Å²) < 4.78 is 0. The maximum absolute atomic E-state index is 12.6. The van der Waals surface area contributed by atoms with Crippen molar-refractivity contribution in [3.8, 4) is 0 Å². The van der Waals surface area contributed by atoms with Gasteiger partial charge in [0.2, 0.25) is 5.91 Å². The zero-order chi connectivity index (χ0) is 14.3. The molecule has 0 saturated carbocycles. The summed E-state index contributed by atoms with van der Waals surface area (Å²) in [5, 5.41) is 6.61. The lowest BCUT2D eigenvalue weighted by molar-refractivity contribution is -0.132. The van der Waals surface area contributed by atoms with Gasteiger partial charge in [0.25, 0.3) is 0 Å². The molecule has 20 heavy (non-hydrogen) atoms. The first-order valence-corrected chi connectivity index (χ1v) is 9.21. The van der Waals surface area contributed by atoms with E-state index in [-0.39, 0.29) is 11.3 Å². The maximum atomic E-state index is 12.6. The van der Waals surface area contributed by atoms with Crippen LogP contribution in [0.3, 0.4) is 0 Å². The average Bonchev–Trinajstić information content (AvgIpc) is 2.49. The Kier molecular flexibility index (Phi) is 6.65. The number of carbonyl (C=O) groups excluding carboxylic acids is 1. The number of hydrogen-bond acceptors (Lipinski definition) is 4. The van der Waals surface area contributed by atoms with Crippen LogP contribution in [-0.2, 0) is 4.79 Å². The van der Waals surface area contributed by atoms with E-state index in [1.165, 1.54) is 24.6 Å². The summed E-state index contributed by atoms with van der Waals surface area (Å²) in [5.74, 6) is 2.74. The van der Waals surface area contributed by atoms with Gasteiger partial charge >= 0.3 is 0 Å². The monoisotopic (exact) mass is 299 g/mol. The first kappa shape index (κ1) is 16.1. The van der Waals surface area contributed by atoms with Crippen LogP contribution in [-0.4, -0.2) is 61.6 Å². The molecule has 0 aliphatic carbocycles. The zero-order valence-electron chi connectivity index (χ0n) is 12.7. The summed E-state index contributed by atoms with van der Waals surface area (Å²) in [6.07, 6.45) is 4.25. The van der Waals surface area contributed by atoms with Crippen LogP contribution in [0, 0.1) is 5.41 Å². The predicted molar refractivity (Wildman–Crippen MR) is 86.2 cm³/mol. The molecule has 2 heterocycles. The smallest absolute Gasteiger partial charge is 0.227 e. The van der Waals surface area contributed by atoms with Crippen LogP contribution in [0.1, 0.15) is 32.6 Å². The Morgan fingerprint density at radius 3 is 2.85 bits per heavy atom. The number of rotatable bonds is 6. The van der Waals surface area contributed by atoms with Crippen LogP contribution in [0.4, 0.5) is 0 Å². The maximum Gasteiger partial charge on any atom is 0.227 e. The second-order valence-electron chi connectivity index (χ2n) is 6.02. The number of nitrogens with one attached hydrogen (secondary N) is 2. The van der Waals surface area contributed by atoms with Crippen LogP contribution in [0.25, 0.3) is 0 Å². The van der Waals surface area contributed by atoms with Gasteiger partial charge < -0.3 is 10.6 Å². The fourth-order valence-corrected chi connectivity index (χ4v) is 4.29. The first-order valence-electron chi connectivity index (χ1n) is 8.06. The van der Waals surface area contributed by atoms with E-state index in [1.54, 1.807) is 0 Å². The quantitative estimate of drug-likeness (QED) is 0.776. The molecule has 2 aliphatic heterocycles. The molecule has 1 amide bonds. The van der Waals surface area contributed by atoms with Crippen LogP contribution in [0.2, 0.25) is 0 Å². The highest BCUT2D eigenvalue weighted by atomic mass is 32.2. The lowest BCUT2D eigenvalue weighted by atomic mass is 9.76. The molecule has 0 aromatic carbocycles. The molecule has 2 saturated heterocycles. The van der Waals surface area contributed by atoms with E-state index >= 15 is 0 Å². The third-order valence-corrected chi connectivity index (χ3v) is 5.44. The van der Waals surface area contributed by atoms with E-state index in [0.29, 0.717) is 0 Å². The minimum atomic E-state index is -0.148. The van der Waals surface area contributed by atoms with Crippen molar-refractivity contribution < 1.29 is 4.79 Å². The fourth-order valence-electron chi connectivity index (χ4n) is 3.31.